The van der Waals surface area contributed by atoms with Crippen molar-refractivity contribution in [2.24, 2.45) is 11.1 Å². The highest BCUT2D eigenvalue weighted by molar-refractivity contribution is 5.88. The molecule has 17 heavy (non-hydrogen) atoms. The van der Waals surface area contributed by atoms with Gasteiger partial charge < -0.3 is 20.5 Å². The molecule has 0 radical (unpaired) electrons. The monoisotopic (exact) mass is 240 g/mol. The lowest BCUT2D eigenvalue weighted by molar-refractivity contribution is -0.147. The van der Waals surface area contributed by atoms with Crippen LogP contribution in [-0.4, -0.2) is 53.9 Å². The number of hydrogen-bond donors (Lipinski definition) is 2. The summed E-state index contributed by atoms with van der Waals surface area (Å²) >= 11 is 0. The summed E-state index contributed by atoms with van der Waals surface area (Å²) in [4.78, 5) is 14.4. The molecule has 0 spiro atoms. The van der Waals surface area contributed by atoms with Crippen molar-refractivity contribution in [3.63, 3.8) is 0 Å². The number of ether oxygens (including phenoxy) is 1. The number of amides is 1. The van der Waals surface area contributed by atoms with Gasteiger partial charge in [-0.1, -0.05) is 0 Å². The zero-order valence-electron chi connectivity index (χ0n) is 10.0. The van der Waals surface area contributed by atoms with Crippen molar-refractivity contribution in [3.8, 4) is 0 Å². The number of morpholine rings is 1. The smallest absolute Gasteiger partial charge is 0.230 e. The van der Waals surface area contributed by atoms with Crippen LogP contribution in [0.5, 0.6) is 0 Å². The molecule has 1 heterocycles. The van der Waals surface area contributed by atoms with Crippen molar-refractivity contribution in [2.45, 2.75) is 37.3 Å². The van der Waals surface area contributed by atoms with Crippen LogP contribution in [0.25, 0.3) is 0 Å². The first-order valence-electron chi connectivity index (χ1n) is 6.42. The molecule has 1 atom stereocenters. The van der Waals surface area contributed by atoms with Gasteiger partial charge in [0.25, 0.3) is 0 Å². The first-order valence-corrected chi connectivity index (χ1v) is 6.42. The Labute approximate surface area is 101 Å². The predicted octanol–water partition coefficient (Wildman–Crippen LogP) is -0.522. The van der Waals surface area contributed by atoms with E-state index in [2.05, 4.69) is 0 Å². The summed E-state index contributed by atoms with van der Waals surface area (Å²) in [6.45, 7) is 1.63. The molecule has 5 nitrogen and oxygen atoms in total. The van der Waals surface area contributed by atoms with Crippen LogP contribution >= 0.6 is 0 Å². The topological polar surface area (TPSA) is 75.8 Å². The molecule has 0 aromatic rings. The Hall–Kier alpha value is -0.650. The third-order valence-corrected chi connectivity index (χ3v) is 4.53. The molecular formula is C12H20N2O3. The van der Waals surface area contributed by atoms with Gasteiger partial charge in [-0.25, -0.2) is 0 Å². The van der Waals surface area contributed by atoms with Gasteiger partial charge in [0.2, 0.25) is 5.91 Å². The van der Waals surface area contributed by atoms with Crippen LogP contribution in [0.1, 0.15) is 25.7 Å². The van der Waals surface area contributed by atoms with E-state index in [1.165, 1.54) is 0 Å². The van der Waals surface area contributed by atoms with Crippen molar-refractivity contribution < 1.29 is 14.6 Å². The Morgan fingerprint density at radius 3 is 2.65 bits per heavy atom. The largest absolute Gasteiger partial charge is 0.394 e. The molecule has 1 amide bonds. The number of carbonyl (C=O) groups is 1. The van der Waals surface area contributed by atoms with E-state index in [0.29, 0.717) is 19.7 Å². The number of hydrogen-bond acceptors (Lipinski definition) is 4. The lowest BCUT2D eigenvalue weighted by atomic mass is 9.92. The number of aliphatic hydroxyl groups is 1. The molecule has 1 unspecified atom stereocenters. The second kappa shape index (κ2) is 3.67. The van der Waals surface area contributed by atoms with Gasteiger partial charge in [-0.2, -0.15) is 0 Å². The molecule has 2 saturated carbocycles. The third-order valence-electron chi connectivity index (χ3n) is 4.53. The lowest BCUT2D eigenvalue weighted by Gasteiger charge is -2.36. The van der Waals surface area contributed by atoms with Crippen LogP contribution in [0.2, 0.25) is 0 Å². The van der Waals surface area contributed by atoms with E-state index in [4.69, 9.17) is 15.6 Å². The van der Waals surface area contributed by atoms with E-state index < -0.39 is 0 Å². The van der Waals surface area contributed by atoms with Crippen molar-refractivity contribution in [2.75, 3.05) is 26.3 Å². The molecule has 3 N–H and O–H groups in total. The Kier molecular flexibility index (Phi) is 2.47. The fraction of sp³-hybridized carbons (Fsp3) is 0.917. The standard InChI is InChI=1S/C12H20N2O3/c13-12(3-4-12)11(1-2-11)10(16)14-5-6-17-9(7-14)8-15/h9,15H,1-8,13H2. The summed E-state index contributed by atoms with van der Waals surface area (Å²) in [6, 6.07) is 0. The second-order valence-corrected chi connectivity index (χ2v) is 5.66. The average Bonchev–Trinajstić information content (AvgIpc) is 3.24. The van der Waals surface area contributed by atoms with Gasteiger partial charge in [0.1, 0.15) is 0 Å². The highest BCUT2D eigenvalue weighted by Gasteiger charge is 2.68. The first-order chi connectivity index (χ1) is 8.11. The average molecular weight is 240 g/mol. The minimum Gasteiger partial charge on any atom is -0.394 e. The van der Waals surface area contributed by atoms with Gasteiger partial charge in [-0.3, -0.25) is 4.79 Å². The van der Waals surface area contributed by atoms with Crippen LogP contribution in [0, 0.1) is 5.41 Å². The fourth-order valence-electron chi connectivity index (χ4n) is 2.98. The maximum absolute atomic E-state index is 12.5. The first kappa shape index (κ1) is 11.4. The van der Waals surface area contributed by atoms with Gasteiger partial charge in [-0.05, 0) is 25.7 Å². The molecule has 1 saturated heterocycles. The van der Waals surface area contributed by atoms with Gasteiger partial charge in [0.15, 0.2) is 0 Å². The zero-order chi connectivity index (χ0) is 12.1. The third kappa shape index (κ3) is 1.68. The molecule has 0 aromatic heterocycles. The minimum absolute atomic E-state index is 0.0233. The predicted molar refractivity (Wildman–Crippen MR) is 61.2 cm³/mol. The normalized spacial score (nSPS) is 33.3. The van der Waals surface area contributed by atoms with E-state index in [9.17, 15) is 4.79 Å². The van der Waals surface area contributed by atoms with E-state index >= 15 is 0 Å². The van der Waals surface area contributed by atoms with E-state index in [0.717, 1.165) is 25.7 Å². The maximum atomic E-state index is 12.5. The summed E-state index contributed by atoms with van der Waals surface area (Å²) in [6.07, 6.45) is 3.60. The Balaban J connectivity index is 1.70. The molecular weight excluding hydrogens is 220 g/mol. The molecule has 3 aliphatic rings. The second-order valence-electron chi connectivity index (χ2n) is 5.66. The van der Waals surface area contributed by atoms with Crippen LogP contribution < -0.4 is 5.73 Å². The van der Waals surface area contributed by atoms with Crippen LogP contribution in [0.3, 0.4) is 0 Å². The van der Waals surface area contributed by atoms with Crippen LogP contribution in [0.4, 0.5) is 0 Å². The van der Waals surface area contributed by atoms with Crippen LogP contribution in [-0.2, 0) is 9.53 Å². The molecule has 1 aliphatic heterocycles. The Morgan fingerprint density at radius 1 is 1.41 bits per heavy atom. The van der Waals surface area contributed by atoms with Crippen LogP contribution in [0.15, 0.2) is 0 Å². The number of nitrogens with two attached hydrogens (primary N) is 1. The number of rotatable bonds is 3. The Bertz CT molecular complexity index is 337. The quantitative estimate of drug-likeness (QED) is 0.696. The van der Waals surface area contributed by atoms with Crippen molar-refractivity contribution in [3.05, 3.63) is 0 Å². The highest BCUT2D eigenvalue weighted by Crippen LogP contribution is 2.63. The highest BCUT2D eigenvalue weighted by atomic mass is 16.5. The number of aliphatic hydroxyl groups excluding tert-OH is 1. The van der Waals surface area contributed by atoms with Gasteiger partial charge >= 0.3 is 0 Å². The minimum atomic E-state index is -0.273. The SMILES string of the molecule is NC1(C2(C(=O)N3CCOC(CO)C3)CC2)CC1. The van der Waals surface area contributed by atoms with Gasteiger partial charge in [0, 0.05) is 18.6 Å². The number of nitrogens with zero attached hydrogens (tertiary/aromatic N) is 1. The van der Waals surface area contributed by atoms with Crippen molar-refractivity contribution in [1.82, 2.24) is 4.90 Å². The fourth-order valence-corrected chi connectivity index (χ4v) is 2.98. The van der Waals surface area contributed by atoms with Gasteiger partial charge in [-0.15, -0.1) is 0 Å². The zero-order valence-corrected chi connectivity index (χ0v) is 10.0. The molecule has 0 bridgehead atoms. The lowest BCUT2D eigenvalue weighted by Crippen LogP contribution is -2.53. The Morgan fingerprint density at radius 2 is 2.12 bits per heavy atom. The summed E-state index contributed by atoms with van der Waals surface area (Å²) in [7, 11) is 0. The van der Waals surface area contributed by atoms with E-state index in [1.54, 1.807) is 0 Å². The molecule has 2 aliphatic carbocycles. The van der Waals surface area contributed by atoms with E-state index in [1.807, 2.05) is 4.90 Å². The summed E-state index contributed by atoms with van der Waals surface area (Å²) in [5.74, 6) is 0.194. The molecule has 3 fully saturated rings. The summed E-state index contributed by atoms with van der Waals surface area (Å²) in [5.41, 5.74) is 5.73. The number of carbonyl (C=O) groups excluding carboxylic acids is 1. The molecule has 0 aromatic carbocycles. The van der Waals surface area contributed by atoms with E-state index in [-0.39, 0.29) is 29.6 Å². The molecule has 3 rings (SSSR count). The summed E-state index contributed by atoms with van der Waals surface area (Å²) in [5, 5.41) is 9.09. The van der Waals surface area contributed by atoms with Crippen molar-refractivity contribution >= 4 is 5.91 Å². The molecule has 96 valence electrons. The maximum Gasteiger partial charge on any atom is 0.230 e. The van der Waals surface area contributed by atoms with Crippen molar-refractivity contribution in [1.29, 1.82) is 0 Å². The van der Waals surface area contributed by atoms with Gasteiger partial charge in [0.05, 0.1) is 24.7 Å². The summed E-state index contributed by atoms with van der Waals surface area (Å²) < 4.78 is 5.37. The molecule has 5 heteroatoms.